The van der Waals surface area contributed by atoms with E-state index in [9.17, 15) is 24.8 Å². The first-order valence-electron chi connectivity index (χ1n) is 12.3. The second-order valence-electron chi connectivity index (χ2n) is 10.1. The second kappa shape index (κ2) is 9.01. The predicted octanol–water partition coefficient (Wildman–Crippen LogP) is 1.12. The first-order valence-corrected chi connectivity index (χ1v) is 12.3. The smallest absolute Gasteiger partial charge is 0.226 e. The first-order chi connectivity index (χ1) is 17.6. The van der Waals surface area contributed by atoms with Crippen LogP contribution in [0.3, 0.4) is 0 Å². The van der Waals surface area contributed by atoms with Gasteiger partial charge in [0.25, 0.3) is 0 Å². The zero-order valence-electron chi connectivity index (χ0n) is 21.5. The number of carbonyl (C=O) groups excluding carboxylic acids is 3. The number of nitrogens with zero attached hydrogens (tertiary/aromatic N) is 2. The lowest BCUT2D eigenvalue weighted by atomic mass is 9.70. The molecule has 1 aromatic carbocycles. The number of ketones is 2. The van der Waals surface area contributed by atoms with Crippen LogP contribution in [0.1, 0.15) is 43.0 Å². The molecule has 0 aromatic heterocycles. The van der Waals surface area contributed by atoms with E-state index in [1.807, 2.05) is 17.9 Å². The molecule has 1 amide bonds. The predicted molar refractivity (Wildman–Crippen MR) is 132 cm³/mol. The van der Waals surface area contributed by atoms with Crippen molar-refractivity contribution < 1.29 is 29.0 Å². The van der Waals surface area contributed by atoms with Gasteiger partial charge in [-0.25, -0.2) is 0 Å². The van der Waals surface area contributed by atoms with Gasteiger partial charge in [0.2, 0.25) is 11.7 Å². The van der Waals surface area contributed by atoms with Crippen LogP contribution in [0.5, 0.6) is 11.5 Å². The number of aromatic hydroxyl groups is 1. The van der Waals surface area contributed by atoms with Gasteiger partial charge in [-0.3, -0.25) is 19.3 Å². The highest BCUT2D eigenvalue weighted by Crippen LogP contribution is 2.50. The Bertz CT molecular complexity index is 1340. The molecule has 1 aromatic rings. The number of carbonyl (C=O) groups is 3. The third-order valence-corrected chi connectivity index (χ3v) is 8.10. The number of methoxy groups -OCH3 is 2. The minimum atomic E-state index is -0.722. The zero-order chi connectivity index (χ0) is 26.8. The van der Waals surface area contributed by atoms with Gasteiger partial charge < -0.3 is 25.2 Å². The molecule has 3 aliphatic heterocycles. The summed E-state index contributed by atoms with van der Waals surface area (Å²) in [7, 11) is 2.86. The van der Waals surface area contributed by atoms with E-state index in [1.54, 1.807) is 6.92 Å². The van der Waals surface area contributed by atoms with Crippen LogP contribution in [0, 0.1) is 18.3 Å². The Balaban J connectivity index is 1.71. The standard InChI is InChI=1S/C27H30N4O6/c1-11-6-14-7-16-18(9-28)31-17(22(30-16)20(14)24(34)26(11)36-4)8-15-21(19(31)10-29-13(3)32)25(35)27(37-5)12(2)23(15)33/h6,16-19,22,30,34H,7-8,10H2,1-5H3,(H,29,32)/t16-,17?,18+,19+,22-/m1/s1. The van der Waals surface area contributed by atoms with E-state index in [-0.39, 0.29) is 53.4 Å². The number of nitrogens with one attached hydrogen (secondary N) is 2. The van der Waals surface area contributed by atoms with Crippen molar-refractivity contribution in [3.05, 3.63) is 45.2 Å². The number of nitriles is 1. The Hall–Kier alpha value is -3.68. The number of phenols is 1. The van der Waals surface area contributed by atoms with Crippen LogP contribution in [0.4, 0.5) is 0 Å². The highest BCUT2D eigenvalue weighted by atomic mass is 16.5. The van der Waals surface area contributed by atoms with Gasteiger partial charge >= 0.3 is 0 Å². The normalized spacial score (nSPS) is 28.7. The number of allylic oxidation sites excluding steroid dienone is 2. The monoisotopic (exact) mass is 506 g/mol. The summed E-state index contributed by atoms with van der Waals surface area (Å²) in [6.45, 7) is 4.86. The molecule has 1 aliphatic carbocycles. The topological polar surface area (TPSA) is 141 Å². The number of hydrogen-bond acceptors (Lipinski definition) is 9. The largest absolute Gasteiger partial charge is 0.504 e. The number of hydrogen-bond donors (Lipinski definition) is 3. The fourth-order valence-electron chi connectivity index (χ4n) is 6.63. The molecule has 1 saturated heterocycles. The van der Waals surface area contributed by atoms with E-state index in [2.05, 4.69) is 16.7 Å². The number of ether oxygens (including phenoxy) is 2. The molecule has 2 bridgehead atoms. The third-order valence-electron chi connectivity index (χ3n) is 8.10. The van der Waals surface area contributed by atoms with Crippen molar-refractivity contribution in [3.8, 4) is 17.6 Å². The number of benzene rings is 1. The molecule has 1 fully saturated rings. The van der Waals surface area contributed by atoms with Crippen molar-refractivity contribution in [2.24, 2.45) is 0 Å². The van der Waals surface area contributed by atoms with Crippen molar-refractivity contribution in [1.29, 1.82) is 5.26 Å². The van der Waals surface area contributed by atoms with Gasteiger partial charge in [-0.05, 0) is 37.8 Å². The minimum Gasteiger partial charge on any atom is -0.504 e. The number of piperazine rings is 1. The van der Waals surface area contributed by atoms with E-state index in [0.29, 0.717) is 23.3 Å². The fourth-order valence-corrected chi connectivity index (χ4v) is 6.63. The van der Waals surface area contributed by atoms with Crippen LogP contribution in [-0.2, 0) is 25.5 Å². The SMILES string of the molecule is COC1=C(C)C(=O)C2=C(C1=O)[C@H](CNC(C)=O)N1C(C2)[C@H]2N[C@H](Cc3cc(C)c(OC)c(O)c32)[C@@H]1C#N. The lowest BCUT2D eigenvalue weighted by Crippen LogP contribution is -2.71. The summed E-state index contributed by atoms with van der Waals surface area (Å²) >= 11 is 0. The first kappa shape index (κ1) is 25.0. The molecule has 0 spiro atoms. The summed E-state index contributed by atoms with van der Waals surface area (Å²) in [5, 5.41) is 27.9. The van der Waals surface area contributed by atoms with Crippen LogP contribution in [0.15, 0.2) is 28.5 Å². The maximum absolute atomic E-state index is 13.6. The molecular weight excluding hydrogens is 476 g/mol. The molecule has 5 rings (SSSR count). The molecule has 1 unspecified atom stereocenters. The molecular formula is C27H30N4O6. The van der Waals surface area contributed by atoms with Crippen LogP contribution >= 0.6 is 0 Å². The Labute approximate surface area is 214 Å². The average molecular weight is 507 g/mol. The minimum absolute atomic E-state index is 0.0120. The molecule has 4 aliphatic rings. The van der Waals surface area contributed by atoms with E-state index in [4.69, 9.17) is 9.47 Å². The molecule has 194 valence electrons. The fraction of sp³-hybridized carbons (Fsp3) is 0.481. The van der Waals surface area contributed by atoms with Crippen LogP contribution in [-0.4, -0.2) is 72.4 Å². The van der Waals surface area contributed by atoms with E-state index < -0.39 is 30.0 Å². The lowest BCUT2D eigenvalue weighted by molar-refractivity contribution is -0.122. The van der Waals surface area contributed by atoms with Crippen molar-refractivity contribution in [1.82, 2.24) is 15.5 Å². The van der Waals surface area contributed by atoms with Crippen LogP contribution < -0.4 is 15.4 Å². The second-order valence-corrected chi connectivity index (χ2v) is 10.1. The molecule has 3 N–H and O–H groups in total. The summed E-state index contributed by atoms with van der Waals surface area (Å²) in [4.78, 5) is 41.0. The highest BCUT2D eigenvalue weighted by molar-refractivity contribution is 6.25. The molecule has 3 heterocycles. The Kier molecular flexibility index (Phi) is 6.09. The van der Waals surface area contributed by atoms with Crippen LogP contribution in [0.2, 0.25) is 0 Å². The van der Waals surface area contributed by atoms with Gasteiger partial charge in [0, 0.05) is 47.8 Å². The Morgan fingerprint density at radius 3 is 2.59 bits per heavy atom. The lowest BCUT2D eigenvalue weighted by Gasteiger charge is -2.57. The van der Waals surface area contributed by atoms with E-state index in [1.165, 1.54) is 21.1 Å². The molecule has 0 radical (unpaired) electrons. The molecule has 0 saturated carbocycles. The Morgan fingerprint density at radius 1 is 1.24 bits per heavy atom. The van der Waals surface area contributed by atoms with Gasteiger partial charge in [0.05, 0.1) is 32.4 Å². The Morgan fingerprint density at radius 2 is 1.97 bits per heavy atom. The van der Waals surface area contributed by atoms with Gasteiger partial charge in [-0.2, -0.15) is 5.26 Å². The van der Waals surface area contributed by atoms with Gasteiger partial charge in [0.1, 0.15) is 6.04 Å². The summed E-state index contributed by atoms with van der Waals surface area (Å²) in [6, 6.07) is 1.87. The van der Waals surface area contributed by atoms with Gasteiger partial charge in [-0.1, -0.05) is 6.07 Å². The molecule has 37 heavy (non-hydrogen) atoms. The summed E-state index contributed by atoms with van der Waals surface area (Å²) < 4.78 is 10.8. The summed E-state index contributed by atoms with van der Waals surface area (Å²) in [5.41, 5.74) is 3.26. The quantitative estimate of drug-likeness (QED) is 0.512. The van der Waals surface area contributed by atoms with E-state index in [0.717, 1.165) is 11.1 Å². The van der Waals surface area contributed by atoms with Crippen molar-refractivity contribution in [2.75, 3.05) is 20.8 Å². The van der Waals surface area contributed by atoms with Crippen molar-refractivity contribution >= 4 is 17.5 Å². The van der Waals surface area contributed by atoms with Crippen molar-refractivity contribution in [2.45, 2.75) is 63.8 Å². The molecule has 10 nitrogen and oxygen atoms in total. The number of Topliss-reactive ketones (excluding diaryl/α,β-unsaturated/α-hetero) is 2. The third kappa shape index (κ3) is 3.56. The highest BCUT2D eigenvalue weighted by Gasteiger charge is 2.55. The molecule has 10 heteroatoms. The average Bonchev–Trinajstić information content (AvgIpc) is 2.86. The number of phenolic OH excluding ortho intramolecular Hbond substituents is 1. The molecule has 5 atom stereocenters. The van der Waals surface area contributed by atoms with Crippen molar-refractivity contribution in [3.63, 3.8) is 0 Å². The van der Waals surface area contributed by atoms with Gasteiger partial charge in [0.15, 0.2) is 23.0 Å². The number of amides is 1. The van der Waals surface area contributed by atoms with Gasteiger partial charge in [-0.15, -0.1) is 0 Å². The number of fused-ring (bicyclic) bond motifs is 6. The number of aryl methyl sites for hydroxylation is 1. The summed E-state index contributed by atoms with van der Waals surface area (Å²) in [5.74, 6) is -0.566. The maximum atomic E-state index is 13.6. The van der Waals surface area contributed by atoms with Crippen LogP contribution in [0.25, 0.3) is 0 Å². The summed E-state index contributed by atoms with van der Waals surface area (Å²) in [6.07, 6.45) is 0.683. The number of rotatable bonds is 4. The zero-order valence-corrected chi connectivity index (χ0v) is 21.5. The maximum Gasteiger partial charge on any atom is 0.226 e. The van der Waals surface area contributed by atoms with E-state index >= 15 is 0 Å².